The molecule has 0 saturated heterocycles. The summed E-state index contributed by atoms with van der Waals surface area (Å²) in [6.45, 7) is 41.9. The van der Waals surface area contributed by atoms with Gasteiger partial charge in [0.1, 0.15) is 0 Å². The SMILES string of the molecule is CC.CC.CC.CC.CC.CC.CC.CC.CC.CC.CCO.CO.CO.COC.CS(=O)(=O)O.CS(=O)(=O)O.c1ccc(-c2ccccc2)cc1.c1ccc(-c2ccccc2)cc1.c1ccc(-c2ccccc2)cc1.c1ccc2c(c1)Cc1ccccc1-2. The number of rotatable bonds is 3. The summed E-state index contributed by atoms with van der Waals surface area (Å²) in [6, 6.07) is 79.7. The van der Waals surface area contributed by atoms with Crippen molar-refractivity contribution in [1.82, 2.24) is 0 Å². The minimum absolute atomic E-state index is 0.250. The molecule has 508 valence electrons. The highest BCUT2D eigenvalue weighted by molar-refractivity contribution is 7.85. The molecule has 1 aliphatic carbocycles. The number of hydrogen-bond donors (Lipinski definition) is 5. The summed E-state index contributed by atoms with van der Waals surface area (Å²) in [4.78, 5) is 0. The third kappa shape index (κ3) is 73.8. The van der Waals surface area contributed by atoms with Crippen molar-refractivity contribution < 1.29 is 46.0 Å². The highest BCUT2D eigenvalue weighted by Gasteiger charge is 2.15. The van der Waals surface area contributed by atoms with E-state index in [4.69, 9.17) is 24.4 Å². The van der Waals surface area contributed by atoms with Gasteiger partial charge in [-0.15, -0.1) is 0 Å². The van der Waals surface area contributed by atoms with Crippen LogP contribution in [0.25, 0.3) is 44.5 Å². The van der Waals surface area contributed by atoms with Gasteiger partial charge in [0.25, 0.3) is 20.2 Å². The minimum Gasteiger partial charge on any atom is -0.400 e. The van der Waals surface area contributed by atoms with E-state index in [9.17, 15) is 16.8 Å². The molecule has 0 radical (unpaired) electrons. The molecular weight excluding hydrogens is 1150 g/mol. The van der Waals surface area contributed by atoms with Gasteiger partial charge >= 0.3 is 0 Å². The highest BCUT2D eigenvalue weighted by atomic mass is 32.2. The van der Waals surface area contributed by atoms with Crippen LogP contribution in [0.1, 0.15) is 157 Å². The fourth-order valence-corrected chi connectivity index (χ4v) is 5.86. The summed E-state index contributed by atoms with van der Waals surface area (Å²) >= 11 is 0. The molecule has 0 bridgehead atoms. The molecule has 0 spiro atoms. The van der Waals surface area contributed by atoms with Gasteiger partial charge in [0.15, 0.2) is 0 Å². The normalized spacial score (nSPS) is 8.22. The molecule has 89 heavy (non-hydrogen) atoms. The Morgan fingerprint density at radius 3 is 0.517 bits per heavy atom. The van der Waals surface area contributed by atoms with Crippen LogP contribution in [-0.2, 0) is 31.4 Å². The van der Waals surface area contributed by atoms with Gasteiger partial charge < -0.3 is 20.1 Å². The number of fused-ring (bicyclic) bond motifs is 3. The first-order valence-electron chi connectivity index (χ1n) is 31.4. The van der Waals surface area contributed by atoms with Crippen LogP contribution in [-0.4, -0.2) is 88.8 Å². The lowest BCUT2D eigenvalue weighted by molar-refractivity contribution is 0.277. The van der Waals surface area contributed by atoms with Crippen molar-refractivity contribution in [2.24, 2.45) is 0 Å². The molecule has 0 saturated carbocycles. The van der Waals surface area contributed by atoms with E-state index >= 15 is 0 Å². The average Bonchev–Trinajstić information content (AvgIpc) is 4.21. The van der Waals surface area contributed by atoms with E-state index in [0.29, 0.717) is 12.5 Å². The molecular formula is C77H128O10S2. The standard InChI is InChI=1S/C13H10.3C12H10.2C2H6O.10C2H6.2CH4O3S.2CH4O/c1-3-7-12-10(5-1)9-11-6-2-4-8-13(11)12;3*1-3-7-11(8-4-1)12-9-5-2-6-10-12;1-3-2;1-2-3;10*1-2;2*1-5(2,3)4;2*1-2/h1-8H,9H2;3*1-10H;1-2H3;3H,2H2,1H3;10*1-2H3;2*1H3,(H,2,3,4);2*2H,1H3. The Morgan fingerprint density at radius 1 is 0.292 bits per heavy atom. The third-order valence-corrected chi connectivity index (χ3v) is 8.35. The Labute approximate surface area is 548 Å². The second kappa shape index (κ2) is 90.2. The molecule has 8 aromatic carbocycles. The van der Waals surface area contributed by atoms with Gasteiger partial charge in [0.2, 0.25) is 0 Å². The van der Waals surface area contributed by atoms with E-state index in [0.717, 1.165) is 20.6 Å². The molecule has 8 aromatic rings. The fraction of sp³-hybridized carbons (Fsp3) is 0.377. The summed E-state index contributed by atoms with van der Waals surface area (Å²) in [7, 11) is -2.08. The Kier molecular flexibility index (Phi) is 109. The predicted molar refractivity (Wildman–Crippen MR) is 401 cm³/mol. The molecule has 0 aliphatic heterocycles. The quantitative estimate of drug-likeness (QED) is 0.107. The van der Waals surface area contributed by atoms with Crippen molar-refractivity contribution in [1.29, 1.82) is 0 Å². The number of methoxy groups -OCH3 is 1. The smallest absolute Gasteiger partial charge is 0.261 e. The number of benzene rings is 8. The number of hydrogen-bond acceptors (Lipinski definition) is 8. The predicted octanol–water partition coefficient (Wildman–Crippen LogP) is 22.1. The molecule has 0 atom stereocenters. The van der Waals surface area contributed by atoms with Gasteiger partial charge in [-0.1, -0.05) is 369 Å². The van der Waals surface area contributed by atoms with Crippen LogP contribution in [0.5, 0.6) is 0 Å². The van der Waals surface area contributed by atoms with Crippen LogP contribution in [0.2, 0.25) is 0 Å². The maximum Gasteiger partial charge on any atom is 0.261 e. The highest BCUT2D eigenvalue weighted by Crippen LogP contribution is 2.35. The lowest BCUT2D eigenvalue weighted by atomic mass is 10.1. The van der Waals surface area contributed by atoms with Gasteiger partial charge in [-0.3, -0.25) is 9.11 Å². The largest absolute Gasteiger partial charge is 0.400 e. The van der Waals surface area contributed by atoms with Crippen molar-refractivity contribution in [3.63, 3.8) is 0 Å². The summed E-state index contributed by atoms with van der Waals surface area (Å²) in [5.41, 5.74) is 13.4. The van der Waals surface area contributed by atoms with Crippen LogP contribution < -0.4 is 0 Å². The molecule has 0 unspecified atom stereocenters. The first-order valence-corrected chi connectivity index (χ1v) is 35.1. The van der Waals surface area contributed by atoms with Crippen molar-refractivity contribution in [3.05, 3.63) is 242 Å². The molecule has 0 heterocycles. The van der Waals surface area contributed by atoms with E-state index in [2.05, 4.69) is 199 Å². The Hall–Kier alpha value is -6.58. The first-order chi connectivity index (χ1) is 43.2. The zero-order valence-corrected chi connectivity index (χ0v) is 62.1. The number of ether oxygens (including phenoxy) is 1. The van der Waals surface area contributed by atoms with Gasteiger partial charge in [-0.05, 0) is 69.0 Å². The zero-order valence-electron chi connectivity index (χ0n) is 60.4. The molecule has 0 amide bonds. The Balaban J connectivity index is -0.0000000852. The average molecular weight is 1280 g/mol. The number of aliphatic hydroxyl groups excluding tert-OH is 3. The maximum absolute atomic E-state index is 9.19. The van der Waals surface area contributed by atoms with E-state index in [-0.39, 0.29) is 6.61 Å². The zero-order chi connectivity index (χ0) is 71.8. The lowest BCUT2D eigenvalue weighted by Gasteiger charge is -1.98. The molecule has 5 N–H and O–H groups in total. The van der Waals surface area contributed by atoms with Crippen molar-refractivity contribution >= 4 is 20.2 Å². The fourth-order valence-electron chi connectivity index (χ4n) is 5.86. The first kappa shape index (κ1) is 107. The number of aliphatic hydroxyl groups is 3. The lowest BCUT2D eigenvalue weighted by Crippen LogP contribution is -1.88. The van der Waals surface area contributed by atoms with Crippen LogP contribution in [0, 0.1) is 0 Å². The summed E-state index contributed by atoms with van der Waals surface area (Å²) in [5.74, 6) is 0. The second-order valence-electron chi connectivity index (χ2n) is 13.9. The molecule has 10 nitrogen and oxygen atoms in total. The third-order valence-electron chi connectivity index (χ3n) is 8.35. The van der Waals surface area contributed by atoms with Crippen molar-refractivity contribution in [2.45, 2.75) is 152 Å². The molecule has 0 aromatic heterocycles. The van der Waals surface area contributed by atoms with Crippen LogP contribution in [0.3, 0.4) is 0 Å². The summed E-state index contributed by atoms with van der Waals surface area (Å²) in [6.07, 6.45) is 2.53. The van der Waals surface area contributed by atoms with Crippen molar-refractivity contribution in [3.8, 4) is 44.5 Å². The van der Waals surface area contributed by atoms with E-state index < -0.39 is 20.2 Å². The van der Waals surface area contributed by atoms with Gasteiger partial charge in [0.05, 0.1) is 12.5 Å². The Morgan fingerprint density at radius 2 is 0.393 bits per heavy atom. The van der Waals surface area contributed by atoms with E-state index in [1.54, 1.807) is 21.1 Å². The van der Waals surface area contributed by atoms with Crippen LogP contribution in [0.15, 0.2) is 231 Å². The summed E-state index contributed by atoms with van der Waals surface area (Å²) in [5, 5.41) is 21.6. The molecule has 9 rings (SSSR count). The van der Waals surface area contributed by atoms with Gasteiger partial charge in [-0.25, -0.2) is 0 Å². The molecule has 0 fully saturated rings. The topological polar surface area (TPSA) is 179 Å². The van der Waals surface area contributed by atoms with Gasteiger partial charge in [0, 0.05) is 35.0 Å². The second-order valence-corrected chi connectivity index (χ2v) is 16.8. The van der Waals surface area contributed by atoms with E-state index in [1.807, 2.05) is 175 Å². The maximum atomic E-state index is 9.19. The minimum atomic E-state index is -3.67. The van der Waals surface area contributed by atoms with Crippen molar-refractivity contribution in [2.75, 3.05) is 47.6 Å². The van der Waals surface area contributed by atoms with Crippen LogP contribution in [0.4, 0.5) is 0 Å². The van der Waals surface area contributed by atoms with Gasteiger partial charge in [-0.2, -0.15) is 16.8 Å². The summed E-state index contributed by atoms with van der Waals surface area (Å²) < 4.78 is 56.0. The molecule has 12 heteroatoms. The Bertz CT molecular complexity index is 2280. The van der Waals surface area contributed by atoms with Crippen LogP contribution >= 0.6 is 0 Å². The monoisotopic (exact) mass is 1280 g/mol. The van der Waals surface area contributed by atoms with E-state index in [1.165, 1.54) is 55.6 Å². The molecule has 1 aliphatic rings.